The zero-order chi connectivity index (χ0) is 24.8. The number of benzene rings is 2. The van der Waals surface area contributed by atoms with E-state index in [2.05, 4.69) is 37.9 Å². The smallest absolute Gasteiger partial charge is 0.253 e. The first-order chi connectivity index (χ1) is 17.0. The molecule has 10 heteroatoms. The Morgan fingerprint density at radius 3 is 2.43 bits per heavy atom. The van der Waals surface area contributed by atoms with E-state index in [4.69, 9.17) is 17.3 Å². The molecule has 1 fully saturated rings. The number of likely N-dealkylation sites (N-methyl/N-ethyl adjacent to an activating group) is 2. The molecule has 0 aliphatic carbocycles. The maximum absolute atomic E-state index is 12.9. The predicted molar refractivity (Wildman–Crippen MR) is 142 cm³/mol. The summed E-state index contributed by atoms with van der Waals surface area (Å²) in [6, 6.07) is 13.8. The zero-order valence-electron chi connectivity index (χ0n) is 20.0. The van der Waals surface area contributed by atoms with E-state index in [1.165, 1.54) is 6.33 Å². The second kappa shape index (κ2) is 11.4. The lowest BCUT2D eigenvalue weighted by Gasteiger charge is -2.32. The molecule has 4 rings (SSSR count). The van der Waals surface area contributed by atoms with Gasteiger partial charge < -0.3 is 31.5 Å². The molecular formula is C25H31ClN8O. The van der Waals surface area contributed by atoms with Crippen LogP contribution < -0.4 is 21.7 Å². The van der Waals surface area contributed by atoms with Crippen molar-refractivity contribution < 1.29 is 4.79 Å². The van der Waals surface area contributed by atoms with Gasteiger partial charge in [0.05, 0.1) is 11.4 Å². The number of rotatable bonds is 8. The molecule has 35 heavy (non-hydrogen) atoms. The zero-order valence-corrected chi connectivity index (χ0v) is 20.8. The molecule has 1 amide bonds. The first kappa shape index (κ1) is 24.7. The molecule has 1 saturated heterocycles. The Morgan fingerprint density at radius 2 is 1.71 bits per heavy atom. The number of nitrogens with one attached hydrogen (secondary N) is 3. The molecule has 5 N–H and O–H groups in total. The normalized spacial score (nSPS) is 14.1. The summed E-state index contributed by atoms with van der Waals surface area (Å²) in [6.45, 7) is 4.86. The van der Waals surface area contributed by atoms with Crippen LogP contribution in [-0.4, -0.2) is 79.0 Å². The van der Waals surface area contributed by atoms with Crippen molar-refractivity contribution in [3.05, 3.63) is 59.5 Å². The second-order valence-electron chi connectivity index (χ2n) is 8.52. The lowest BCUT2D eigenvalue weighted by molar-refractivity contribution is 0.0664. The van der Waals surface area contributed by atoms with Crippen LogP contribution in [0.1, 0.15) is 10.4 Å². The summed E-state index contributed by atoms with van der Waals surface area (Å²) < 4.78 is 0. The molecule has 1 aromatic heterocycles. The van der Waals surface area contributed by atoms with E-state index < -0.39 is 0 Å². The van der Waals surface area contributed by atoms with Gasteiger partial charge in [-0.15, -0.1) is 0 Å². The molecule has 0 saturated carbocycles. The van der Waals surface area contributed by atoms with Crippen molar-refractivity contribution in [1.29, 1.82) is 0 Å². The van der Waals surface area contributed by atoms with Crippen LogP contribution in [0.15, 0.2) is 48.8 Å². The lowest BCUT2D eigenvalue weighted by Crippen LogP contribution is -2.47. The maximum Gasteiger partial charge on any atom is 0.253 e. The van der Waals surface area contributed by atoms with Gasteiger partial charge in [-0.2, -0.15) is 0 Å². The standard InChI is InChI=1S/C25H31ClN8O/c1-28-9-10-29-20-8-7-19(15-21(20)32-24-22(27)23(26)30-16-31-24)17-3-5-18(6-4-17)25(35)34-13-11-33(2)12-14-34/h3-8,15-16,28-29H,9-14,27H2,1-2H3,(H,30,31,32). The van der Waals surface area contributed by atoms with Gasteiger partial charge >= 0.3 is 0 Å². The number of carbonyl (C=O) groups excluding carboxylic acids is 1. The highest BCUT2D eigenvalue weighted by molar-refractivity contribution is 6.32. The Balaban J connectivity index is 1.57. The van der Waals surface area contributed by atoms with Gasteiger partial charge in [-0.25, -0.2) is 9.97 Å². The van der Waals surface area contributed by atoms with Gasteiger partial charge in [-0.05, 0) is 49.5 Å². The summed E-state index contributed by atoms with van der Waals surface area (Å²) in [4.78, 5) is 25.2. The maximum atomic E-state index is 12.9. The van der Waals surface area contributed by atoms with Gasteiger partial charge in [-0.3, -0.25) is 4.79 Å². The van der Waals surface area contributed by atoms with Crippen molar-refractivity contribution in [2.24, 2.45) is 0 Å². The van der Waals surface area contributed by atoms with Crippen molar-refractivity contribution in [2.75, 3.05) is 69.7 Å². The molecule has 1 aliphatic rings. The fourth-order valence-electron chi connectivity index (χ4n) is 3.90. The highest BCUT2D eigenvalue weighted by Gasteiger charge is 2.20. The minimum atomic E-state index is 0.0761. The van der Waals surface area contributed by atoms with E-state index in [9.17, 15) is 4.79 Å². The fourth-order valence-corrected chi connectivity index (χ4v) is 4.04. The van der Waals surface area contributed by atoms with Gasteiger partial charge in [0.1, 0.15) is 12.0 Å². The Hall–Kier alpha value is -3.40. The van der Waals surface area contributed by atoms with Gasteiger partial charge in [0, 0.05) is 44.8 Å². The number of hydrogen-bond donors (Lipinski definition) is 4. The third-order valence-corrected chi connectivity index (χ3v) is 6.36. The number of piperazine rings is 1. The van der Waals surface area contributed by atoms with Crippen LogP contribution in [-0.2, 0) is 0 Å². The van der Waals surface area contributed by atoms with Crippen molar-refractivity contribution in [3.8, 4) is 11.1 Å². The lowest BCUT2D eigenvalue weighted by atomic mass is 10.0. The molecule has 0 unspecified atom stereocenters. The Labute approximate surface area is 210 Å². The number of hydrogen-bond acceptors (Lipinski definition) is 8. The average molecular weight is 495 g/mol. The minimum absolute atomic E-state index is 0.0761. The van der Waals surface area contributed by atoms with Crippen LogP contribution in [0.2, 0.25) is 5.15 Å². The third kappa shape index (κ3) is 6.00. The molecule has 0 spiro atoms. The van der Waals surface area contributed by atoms with Crippen LogP contribution in [0.4, 0.5) is 22.9 Å². The quantitative estimate of drug-likeness (QED) is 0.279. The number of nitrogen functional groups attached to an aromatic ring is 1. The SMILES string of the molecule is CNCCNc1ccc(-c2ccc(C(=O)N3CCN(C)CC3)cc2)cc1Nc1ncnc(Cl)c1N. The molecule has 9 nitrogen and oxygen atoms in total. The fraction of sp³-hybridized carbons (Fsp3) is 0.320. The summed E-state index contributed by atoms with van der Waals surface area (Å²) >= 11 is 6.08. The van der Waals surface area contributed by atoms with Gasteiger partial charge in [0.2, 0.25) is 0 Å². The van der Waals surface area contributed by atoms with E-state index in [-0.39, 0.29) is 16.7 Å². The van der Waals surface area contributed by atoms with Crippen LogP contribution in [0, 0.1) is 0 Å². The van der Waals surface area contributed by atoms with E-state index >= 15 is 0 Å². The van der Waals surface area contributed by atoms with Gasteiger partial charge in [-0.1, -0.05) is 29.8 Å². The Morgan fingerprint density at radius 1 is 1.00 bits per heavy atom. The van der Waals surface area contributed by atoms with Crippen molar-refractivity contribution >= 4 is 40.4 Å². The Bertz CT molecular complexity index is 1160. The third-order valence-electron chi connectivity index (χ3n) is 6.05. The van der Waals surface area contributed by atoms with E-state index in [1.54, 1.807) is 0 Å². The predicted octanol–water partition coefficient (Wildman–Crippen LogP) is 3.14. The summed E-state index contributed by atoms with van der Waals surface area (Å²) in [5, 5.41) is 10.0. The first-order valence-corrected chi connectivity index (χ1v) is 12.0. The molecule has 2 aromatic carbocycles. The highest BCUT2D eigenvalue weighted by atomic mass is 35.5. The summed E-state index contributed by atoms with van der Waals surface area (Å²) in [6.07, 6.45) is 1.37. The van der Waals surface area contributed by atoms with Crippen molar-refractivity contribution in [2.45, 2.75) is 0 Å². The van der Waals surface area contributed by atoms with E-state index in [1.807, 2.05) is 54.4 Å². The van der Waals surface area contributed by atoms with E-state index in [0.29, 0.717) is 11.4 Å². The van der Waals surface area contributed by atoms with Crippen LogP contribution in [0.3, 0.4) is 0 Å². The number of aromatic nitrogens is 2. The first-order valence-electron chi connectivity index (χ1n) is 11.6. The number of anilines is 4. The molecule has 3 aromatic rings. The van der Waals surface area contributed by atoms with E-state index in [0.717, 1.165) is 61.8 Å². The number of nitrogens with zero attached hydrogens (tertiary/aromatic N) is 4. The number of amides is 1. The Kier molecular flexibility index (Phi) is 8.02. The van der Waals surface area contributed by atoms with Gasteiger partial charge in [0.15, 0.2) is 11.0 Å². The highest BCUT2D eigenvalue weighted by Crippen LogP contribution is 2.33. The monoisotopic (exact) mass is 494 g/mol. The summed E-state index contributed by atoms with van der Waals surface area (Å²) in [5.74, 6) is 0.513. The number of carbonyl (C=O) groups is 1. The summed E-state index contributed by atoms with van der Waals surface area (Å²) in [5.41, 5.74) is 10.8. The number of nitrogens with two attached hydrogens (primary N) is 1. The molecule has 0 atom stereocenters. The van der Waals surface area contributed by atoms with Crippen LogP contribution >= 0.6 is 11.6 Å². The molecule has 184 valence electrons. The molecular weight excluding hydrogens is 464 g/mol. The van der Waals surface area contributed by atoms with Crippen LogP contribution in [0.25, 0.3) is 11.1 Å². The van der Waals surface area contributed by atoms with Crippen molar-refractivity contribution in [3.63, 3.8) is 0 Å². The summed E-state index contributed by atoms with van der Waals surface area (Å²) in [7, 11) is 3.99. The second-order valence-corrected chi connectivity index (χ2v) is 8.87. The molecule has 0 bridgehead atoms. The number of halogens is 1. The average Bonchev–Trinajstić information content (AvgIpc) is 2.88. The minimum Gasteiger partial charge on any atom is -0.393 e. The van der Waals surface area contributed by atoms with Crippen LogP contribution in [0.5, 0.6) is 0 Å². The molecule has 2 heterocycles. The molecule has 1 aliphatic heterocycles. The largest absolute Gasteiger partial charge is 0.393 e. The van der Waals surface area contributed by atoms with Gasteiger partial charge in [0.25, 0.3) is 5.91 Å². The van der Waals surface area contributed by atoms with Crippen molar-refractivity contribution in [1.82, 2.24) is 25.1 Å². The topological polar surface area (TPSA) is 111 Å². The molecule has 0 radical (unpaired) electrons.